The van der Waals surface area contributed by atoms with E-state index in [4.69, 9.17) is 14.9 Å². The van der Waals surface area contributed by atoms with Crippen LogP contribution in [0.4, 0.5) is 0 Å². The number of hydrogen-bond donors (Lipinski definition) is 3. The Morgan fingerprint density at radius 1 is 1.33 bits per heavy atom. The zero-order chi connectivity index (χ0) is 11.3. The summed E-state index contributed by atoms with van der Waals surface area (Å²) >= 11 is 0. The first-order valence-electron chi connectivity index (χ1n) is 5.08. The predicted octanol–water partition coefficient (Wildman–Crippen LogP) is -0.0575. The SMILES string of the molecule is O=P(O)(O)OCCN(CCO)C1CCC1. The van der Waals surface area contributed by atoms with Crippen molar-refractivity contribution in [1.29, 1.82) is 0 Å². The van der Waals surface area contributed by atoms with Crippen molar-refractivity contribution in [2.24, 2.45) is 0 Å². The van der Waals surface area contributed by atoms with E-state index in [0.29, 0.717) is 19.1 Å². The van der Waals surface area contributed by atoms with Crippen molar-refractivity contribution in [3.63, 3.8) is 0 Å². The van der Waals surface area contributed by atoms with Crippen LogP contribution in [0.5, 0.6) is 0 Å². The second-order valence-corrected chi connectivity index (χ2v) is 4.91. The lowest BCUT2D eigenvalue weighted by molar-refractivity contribution is 0.0787. The molecular formula is C8H18NO5P. The molecule has 3 N–H and O–H groups in total. The van der Waals surface area contributed by atoms with Crippen LogP contribution in [0.25, 0.3) is 0 Å². The molecule has 0 saturated heterocycles. The number of rotatable bonds is 7. The molecule has 1 aliphatic carbocycles. The molecule has 0 radical (unpaired) electrons. The highest BCUT2D eigenvalue weighted by Crippen LogP contribution is 2.35. The van der Waals surface area contributed by atoms with Gasteiger partial charge in [-0.3, -0.25) is 9.42 Å². The van der Waals surface area contributed by atoms with Gasteiger partial charge in [-0.15, -0.1) is 0 Å². The third-order valence-electron chi connectivity index (χ3n) is 2.62. The van der Waals surface area contributed by atoms with E-state index in [1.165, 1.54) is 6.42 Å². The number of aliphatic hydroxyl groups is 1. The largest absolute Gasteiger partial charge is 0.469 e. The molecule has 1 aliphatic rings. The minimum absolute atomic E-state index is 0.000772. The summed E-state index contributed by atoms with van der Waals surface area (Å²) in [6.07, 6.45) is 3.37. The maximum absolute atomic E-state index is 10.4. The van der Waals surface area contributed by atoms with Crippen LogP contribution in [-0.4, -0.2) is 52.1 Å². The van der Waals surface area contributed by atoms with Gasteiger partial charge >= 0.3 is 7.82 Å². The van der Waals surface area contributed by atoms with Crippen LogP contribution in [0.1, 0.15) is 19.3 Å². The summed E-state index contributed by atoms with van der Waals surface area (Å²) in [6.45, 7) is 1.05. The van der Waals surface area contributed by atoms with Gasteiger partial charge in [0.15, 0.2) is 0 Å². The summed E-state index contributed by atoms with van der Waals surface area (Å²) in [4.78, 5) is 19.0. The Hall–Kier alpha value is 0.0300. The van der Waals surface area contributed by atoms with E-state index in [0.717, 1.165) is 12.8 Å². The summed E-state index contributed by atoms with van der Waals surface area (Å²) in [5.74, 6) is 0. The van der Waals surface area contributed by atoms with E-state index in [2.05, 4.69) is 4.52 Å². The van der Waals surface area contributed by atoms with Crippen LogP contribution in [0.15, 0.2) is 0 Å². The van der Waals surface area contributed by atoms with E-state index in [1.54, 1.807) is 0 Å². The van der Waals surface area contributed by atoms with E-state index >= 15 is 0 Å². The number of phosphoric ester groups is 1. The maximum Gasteiger partial charge on any atom is 0.469 e. The molecule has 0 unspecified atom stereocenters. The first-order valence-corrected chi connectivity index (χ1v) is 6.61. The van der Waals surface area contributed by atoms with Gasteiger partial charge in [-0.2, -0.15) is 0 Å². The maximum atomic E-state index is 10.4. The van der Waals surface area contributed by atoms with Gasteiger partial charge in [0.1, 0.15) is 0 Å². The Morgan fingerprint density at radius 3 is 2.40 bits per heavy atom. The number of phosphoric acid groups is 1. The molecule has 7 heteroatoms. The molecule has 0 heterocycles. The van der Waals surface area contributed by atoms with Crippen LogP contribution < -0.4 is 0 Å². The van der Waals surface area contributed by atoms with Crippen molar-refractivity contribution in [2.75, 3.05) is 26.3 Å². The lowest BCUT2D eigenvalue weighted by Gasteiger charge is -2.37. The Bertz CT molecular complexity index is 227. The van der Waals surface area contributed by atoms with E-state index < -0.39 is 7.82 Å². The minimum Gasteiger partial charge on any atom is -0.395 e. The Labute approximate surface area is 89.1 Å². The Morgan fingerprint density at radius 2 is 2.00 bits per heavy atom. The third kappa shape index (κ3) is 5.06. The molecule has 0 atom stereocenters. The molecule has 0 spiro atoms. The number of nitrogens with zero attached hydrogens (tertiary/aromatic N) is 1. The van der Waals surface area contributed by atoms with E-state index in [-0.39, 0.29) is 13.2 Å². The van der Waals surface area contributed by atoms with Crippen molar-refractivity contribution in [1.82, 2.24) is 4.90 Å². The highest BCUT2D eigenvalue weighted by Gasteiger charge is 2.24. The fraction of sp³-hybridized carbons (Fsp3) is 1.00. The Kier molecular flexibility index (Phi) is 5.18. The molecule has 0 amide bonds. The number of hydrogen-bond acceptors (Lipinski definition) is 4. The minimum atomic E-state index is -4.35. The van der Waals surface area contributed by atoms with Crippen LogP contribution in [0.3, 0.4) is 0 Å². The lowest BCUT2D eigenvalue weighted by Crippen LogP contribution is -2.43. The summed E-state index contributed by atoms with van der Waals surface area (Å²) in [7, 11) is -4.35. The van der Waals surface area contributed by atoms with Crippen molar-refractivity contribution in [2.45, 2.75) is 25.3 Å². The molecule has 1 fully saturated rings. The number of aliphatic hydroxyl groups excluding tert-OH is 1. The van der Waals surface area contributed by atoms with Crippen LogP contribution in [-0.2, 0) is 9.09 Å². The molecule has 0 aromatic rings. The van der Waals surface area contributed by atoms with Gasteiger partial charge in [-0.05, 0) is 12.8 Å². The molecule has 6 nitrogen and oxygen atoms in total. The van der Waals surface area contributed by atoms with Crippen LogP contribution in [0.2, 0.25) is 0 Å². The van der Waals surface area contributed by atoms with Crippen molar-refractivity contribution in [3.05, 3.63) is 0 Å². The van der Waals surface area contributed by atoms with Gasteiger partial charge in [0.25, 0.3) is 0 Å². The van der Waals surface area contributed by atoms with Gasteiger partial charge in [0.2, 0.25) is 0 Å². The summed E-state index contributed by atoms with van der Waals surface area (Å²) in [6, 6.07) is 0.442. The first-order chi connectivity index (χ1) is 7.03. The summed E-state index contributed by atoms with van der Waals surface area (Å²) < 4.78 is 14.8. The monoisotopic (exact) mass is 239 g/mol. The summed E-state index contributed by atoms with van der Waals surface area (Å²) in [5.41, 5.74) is 0. The lowest BCUT2D eigenvalue weighted by atomic mass is 9.91. The fourth-order valence-corrected chi connectivity index (χ4v) is 1.95. The van der Waals surface area contributed by atoms with Crippen LogP contribution in [0, 0.1) is 0 Å². The van der Waals surface area contributed by atoms with Gasteiger partial charge in [-0.1, -0.05) is 6.42 Å². The highest BCUT2D eigenvalue weighted by molar-refractivity contribution is 7.46. The van der Waals surface area contributed by atoms with Gasteiger partial charge in [0, 0.05) is 19.1 Å². The summed E-state index contributed by atoms with van der Waals surface area (Å²) in [5, 5.41) is 8.83. The zero-order valence-corrected chi connectivity index (χ0v) is 9.47. The molecule has 0 bridgehead atoms. The molecule has 0 aliphatic heterocycles. The quantitative estimate of drug-likeness (QED) is 0.539. The van der Waals surface area contributed by atoms with Crippen molar-refractivity contribution >= 4 is 7.82 Å². The van der Waals surface area contributed by atoms with E-state index in [1.807, 2.05) is 4.90 Å². The molecular weight excluding hydrogens is 221 g/mol. The first kappa shape index (κ1) is 13.1. The average molecular weight is 239 g/mol. The Balaban J connectivity index is 2.22. The van der Waals surface area contributed by atoms with Gasteiger partial charge < -0.3 is 14.9 Å². The topological polar surface area (TPSA) is 90.2 Å². The average Bonchev–Trinajstić information content (AvgIpc) is 1.98. The van der Waals surface area contributed by atoms with Gasteiger partial charge in [0.05, 0.1) is 13.2 Å². The van der Waals surface area contributed by atoms with Crippen molar-refractivity contribution < 1.29 is 24.0 Å². The molecule has 0 aromatic carbocycles. The van der Waals surface area contributed by atoms with E-state index in [9.17, 15) is 4.57 Å². The normalized spacial score (nSPS) is 18.1. The second kappa shape index (κ2) is 5.94. The molecule has 1 rings (SSSR count). The predicted molar refractivity (Wildman–Crippen MR) is 54.3 cm³/mol. The molecule has 90 valence electrons. The smallest absolute Gasteiger partial charge is 0.395 e. The molecule has 0 aromatic heterocycles. The molecule has 1 saturated carbocycles. The third-order valence-corrected chi connectivity index (χ3v) is 3.14. The zero-order valence-electron chi connectivity index (χ0n) is 8.58. The highest BCUT2D eigenvalue weighted by atomic mass is 31.2. The fourth-order valence-electron chi connectivity index (χ4n) is 1.63. The van der Waals surface area contributed by atoms with Crippen molar-refractivity contribution in [3.8, 4) is 0 Å². The standard InChI is InChI=1S/C8H18NO5P/c10-6-4-9(8-2-1-3-8)5-7-14-15(11,12)13/h8,10H,1-7H2,(H2,11,12,13). The van der Waals surface area contributed by atoms with Gasteiger partial charge in [-0.25, -0.2) is 4.57 Å². The van der Waals surface area contributed by atoms with Crippen LogP contribution >= 0.6 is 7.82 Å². The second-order valence-electron chi connectivity index (χ2n) is 3.67. The molecule has 15 heavy (non-hydrogen) atoms.